The van der Waals surface area contributed by atoms with Crippen LogP contribution in [0.2, 0.25) is 5.02 Å². The van der Waals surface area contributed by atoms with Crippen molar-refractivity contribution in [3.05, 3.63) is 34.9 Å². The SMILES string of the molecule is C[C@@H]1N(CCO)CCO[C@]1(O)c1cccc(Cl)c1. The Morgan fingerprint density at radius 3 is 3.00 bits per heavy atom. The van der Waals surface area contributed by atoms with Gasteiger partial charge >= 0.3 is 0 Å². The van der Waals surface area contributed by atoms with Crippen molar-refractivity contribution in [3.63, 3.8) is 0 Å². The van der Waals surface area contributed by atoms with Gasteiger partial charge in [0.15, 0.2) is 0 Å². The third-order valence-corrected chi connectivity index (χ3v) is 3.68. The number of halogens is 1. The summed E-state index contributed by atoms with van der Waals surface area (Å²) >= 11 is 5.95. The van der Waals surface area contributed by atoms with E-state index in [0.29, 0.717) is 30.3 Å². The first-order valence-electron chi connectivity index (χ1n) is 6.05. The van der Waals surface area contributed by atoms with Crippen LogP contribution in [0.4, 0.5) is 0 Å². The van der Waals surface area contributed by atoms with Crippen molar-refractivity contribution in [1.29, 1.82) is 0 Å². The lowest BCUT2D eigenvalue weighted by Gasteiger charge is -2.45. The molecule has 100 valence electrons. The third-order valence-electron chi connectivity index (χ3n) is 3.44. The number of morpholine rings is 1. The molecule has 5 heteroatoms. The molecule has 1 saturated heterocycles. The zero-order valence-electron chi connectivity index (χ0n) is 10.3. The molecular weight excluding hydrogens is 254 g/mol. The topological polar surface area (TPSA) is 52.9 Å². The van der Waals surface area contributed by atoms with Gasteiger partial charge in [-0.05, 0) is 19.1 Å². The molecule has 0 aromatic heterocycles. The van der Waals surface area contributed by atoms with E-state index in [2.05, 4.69) is 0 Å². The van der Waals surface area contributed by atoms with Gasteiger partial charge in [0.25, 0.3) is 0 Å². The number of aliphatic hydroxyl groups excluding tert-OH is 1. The average molecular weight is 272 g/mol. The first-order valence-corrected chi connectivity index (χ1v) is 6.43. The largest absolute Gasteiger partial charge is 0.395 e. The van der Waals surface area contributed by atoms with Gasteiger partial charge in [-0.15, -0.1) is 0 Å². The van der Waals surface area contributed by atoms with Gasteiger partial charge in [0, 0.05) is 23.7 Å². The van der Waals surface area contributed by atoms with Crippen molar-refractivity contribution >= 4 is 11.6 Å². The Labute approximate surface area is 112 Å². The third kappa shape index (κ3) is 2.53. The monoisotopic (exact) mass is 271 g/mol. The summed E-state index contributed by atoms with van der Waals surface area (Å²) < 4.78 is 5.57. The highest BCUT2D eigenvalue weighted by Gasteiger charge is 2.43. The summed E-state index contributed by atoms with van der Waals surface area (Å²) in [7, 11) is 0. The van der Waals surface area contributed by atoms with Gasteiger partial charge in [-0.2, -0.15) is 0 Å². The summed E-state index contributed by atoms with van der Waals surface area (Å²) in [4.78, 5) is 2.00. The highest BCUT2D eigenvalue weighted by atomic mass is 35.5. The molecule has 0 aliphatic carbocycles. The fourth-order valence-electron chi connectivity index (χ4n) is 2.35. The van der Waals surface area contributed by atoms with Crippen LogP contribution in [0.15, 0.2) is 24.3 Å². The summed E-state index contributed by atoms with van der Waals surface area (Å²) in [5.41, 5.74) is 0.644. The Morgan fingerprint density at radius 1 is 1.56 bits per heavy atom. The quantitative estimate of drug-likeness (QED) is 0.867. The van der Waals surface area contributed by atoms with Gasteiger partial charge < -0.3 is 14.9 Å². The van der Waals surface area contributed by atoms with Gasteiger partial charge in [-0.1, -0.05) is 23.7 Å². The van der Waals surface area contributed by atoms with Crippen molar-refractivity contribution in [2.45, 2.75) is 18.8 Å². The minimum atomic E-state index is -1.38. The summed E-state index contributed by atoms with van der Waals surface area (Å²) in [6.45, 7) is 3.59. The van der Waals surface area contributed by atoms with Crippen LogP contribution in [0.3, 0.4) is 0 Å². The second kappa shape index (κ2) is 5.55. The van der Waals surface area contributed by atoms with Crippen LogP contribution < -0.4 is 0 Å². The lowest BCUT2D eigenvalue weighted by atomic mass is 9.96. The predicted octanol–water partition coefficient (Wildman–Crippen LogP) is 1.20. The first kappa shape index (κ1) is 13.8. The second-order valence-corrected chi connectivity index (χ2v) is 4.93. The average Bonchev–Trinajstić information content (AvgIpc) is 2.35. The van der Waals surface area contributed by atoms with E-state index in [9.17, 15) is 5.11 Å². The summed E-state index contributed by atoms with van der Waals surface area (Å²) in [5.74, 6) is -1.38. The van der Waals surface area contributed by atoms with E-state index in [4.69, 9.17) is 21.4 Å². The lowest BCUT2D eigenvalue weighted by molar-refractivity contribution is -0.275. The van der Waals surface area contributed by atoms with Crippen molar-refractivity contribution in [2.75, 3.05) is 26.3 Å². The second-order valence-electron chi connectivity index (χ2n) is 4.49. The van der Waals surface area contributed by atoms with Gasteiger partial charge in [-0.3, -0.25) is 4.90 Å². The maximum Gasteiger partial charge on any atom is 0.208 e. The van der Waals surface area contributed by atoms with Crippen LogP contribution in [-0.4, -0.2) is 47.5 Å². The van der Waals surface area contributed by atoms with Crippen LogP contribution in [0, 0.1) is 0 Å². The molecule has 1 fully saturated rings. The predicted molar refractivity (Wildman–Crippen MR) is 69.4 cm³/mol. The van der Waals surface area contributed by atoms with E-state index in [-0.39, 0.29) is 12.6 Å². The number of nitrogens with zero attached hydrogens (tertiary/aromatic N) is 1. The lowest BCUT2D eigenvalue weighted by Crippen LogP contribution is -2.57. The fourth-order valence-corrected chi connectivity index (χ4v) is 2.54. The van der Waals surface area contributed by atoms with Gasteiger partial charge in [0.05, 0.1) is 19.3 Å². The number of aliphatic hydroxyl groups is 2. The Hall–Kier alpha value is -0.650. The molecule has 1 aliphatic heterocycles. The molecule has 1 aliphatic rings. The Balaban J connectivity index is 2.28. The molecule has 4 nitrogen and oxygen atoms in total. The highest BCUT2D eigenvalue weighted by molar-refractivity contribution is 6.30. The molecule has 0 unspecified atom stereocenters. The molecule has 2 N–H and O–H groups in total. The zero-order chi connectivity index (χ0) is 13.2. The van der Waals surface area contributed by atoms with Gasteiger partial charge in [-0.25, -0.2) is 0 Å². The number of rotatable bonds is 3. The highest BCUT2D eigenvalue weighted by Crippen LogP contribution is 2.33. The number of hydrogen-bond donors (Lipinski definition) is 2. The number of hydrogen-bond acceptors (Lipinski definition) is 4. The van der Waals surface area contributed by atoms with Crippen LogP contribution in [-0.2, 0) is 10.5 Å². The van der Waals surface area contributed by atoms with Crippen molar-refractivity contribution < 1.29 is 14.9 Å². The Bertz CT molecular complexity index is 413. The molecule has 2 rings (SSSR count). The smallest absolute Gasteiger partial charge is 0.208 e. The van der Waals surface area contributed by atoms with E-state index < -0.39 is 5.79 Å². The molecule has 1 heterocycles. The molecule has 0 bridgehead atoms. The normalized spacial score (nSPS) is 29.4. The van der Waals surface area contributed by atoms with Crippen LogP contribution in [0.5, 0.6) is 0 Å². The minimum Gasteiger partial charge on any atom is -0.395 e. The molecule has 2 atom stereocenters. The Morgan fingerprint density at radius 2 is 2.33 bits per heavy atom. The summed E-state index contributed by atoms with van der Waals surface area (Å²) in [5, 5.41) is 20.3. The molecule has 18 heavy (non-hydrogen) atoms. The van der Waals surface area contributed by atoms with Crippen LogP contribution >= 0.6 is 11.6 Å². The Kier molecular flexibility index (Phi) is 4.25. The first-order chi connectivity index (χ1) is 8.58. The number of β-amino-alcohol motifs (C(OH)–C–C–N with tert-alkyl or cyclic N) is 1. The summed E-state index contributed by atoms with van der Waals surface area (Å²) in [6.07, 6.45) is 0. The molecule has 1 aromatic carbocycles. The maximum absolute atomic E-state index is 10.7. The van der Waals surface area contributed by atoms with E-state index in [1.165, 1.54) is 0 Å². The molecule has 1 aromatic rings. The van der Waals surface area contributed by atoms with Crippen molar-refractivity contribution in [3.8, 4) is 0 Å². The van der Waals surface area contributed by atoms with E-state index in [1.807, 2.05) is 11.8 Å². The molecular formula is C13H18ClNO3. The molecule has 0 saturated carbocycles. The fraction of sp³-hybridized carbons (Fsp3) is 0.538. The molecule has 0 spiro atoms. The van der Waals surface area contributed by atoms with Gasteiger partial charge in [0.1, 0.15) is 0 Å². The van der Waals surface area contributed by atoms with E-state index in [1.54, 1.807) is 24.3 Å². The summed E-state index contributed by atoms with van der Waals surface area (Å²) in [6, 6.07) is 6.81. The molecule has 0 radical (unpaired) electrons. The van der Waals surface area contributed by atoms with Crippen molar-refractivity contribution in [1.82, 2.24) is 4.90 Å². The minimum absolute atomic E-state index is 0.0654. The number of benzene rings is 1. The van der Waals surface area contributed by atoms with Crippen molar-refractivity contribution in [2.24, 2.45) is 0 Å². The molecule has 0 amide bonds. The van der Waals surface area contributed by atoms with Crippen LogP contribution in [0.1, 0.15) is 12.5 Å². The van der Waals surface area contributed by atoms with E-state index in [0.717, 1.165) is 0 Å². The van der Waals surface area contributed by atoms with Gasteiger partial charge in [0.2, 0.25) is 5.79 Å². The van der Waals surface area contributed by atoms with E-state index >= 15 is 0 Å². The zero-order valence-corrected chi connectivity index (χ0v) is 11.1. The standard InChI is InChI=1S/C13H18ClNO3/c1-10-13(17,11-3-2-4-12(14)9-11)18-8-6-15(10)5-7-16/h2-4,9-10,16-17H,5-8H2,1H3/t10-,13-/m0/s1. The number of ether oxygens (including phenoxy) is 1. The van der Waals surface area contributed by atoms with Crippen LogP contribution in [0.25, 0.3) is 0 Å². The maximum atomic E-state index is 10.7.